The van der Waals surface area contributed by atoms with Gasteiger partial charge in [-0.05, 0) is 43.5 Å². The van der Waals surface area contributed by atoms with E-state index in [0.29, 0.717) is 0 Å². The molecule has 0 unspecified atom stereocenters. The molecule has 0 spiro atoms. The number of nitrogens with one attached hydrogen (secondary N) is 1. The van der Waals surface area contributed by atoms with E-state index in [-0.39, 0.29) is 5.91 Å². The van der Waals surface area contributed by atoms with Crippen molar-refractivity contribution in [2.45, 2.75) is 44.5 Å². The van der Waals surface area contributed by atoms with Crippen molar-refractivity contribution < 1.29 is 9.53 Å². The topological polar surface area (TPSA) is 41.6 Å². The summed E-state index contributed by atoms with van der Waals surface area (Å²) in [7, 11) is 0. The number of amides is 1. The van der Waals surface area contributed by atoms with Crippen LogP contribution in [-0.2, 0) is 4.79 Å². The van der Waals surface area contributed by atoms with Gasteiger partial charge in [-0.25, -0.2) is 0 Å². The van der Waals surface area contributed by atoms with Crippen LogP contribution in [0.25, 0.3) is 0 Å². The molecule has 5 heteroatoms. The van der Waals surface area contributed by atoms with Gasteiger partial charge in [0.2, 0.25) is 0 Å². The van der Waals surface area contributed by atoms with E-state index in [4.69, 9.17) is 16.3 Å². The van der Waals surface area contributed by atoms with Gasteiger partial charge >= 0.3 is 0 Å². The Hall–Kier alpha value is -1.26. The number of piperidine rings is 1. The number of hydrogen-bond donors (Lipinski definition) is 1. The van der Waals surface area contributed by atoms with Crippen molar-refractivity contribution >= 4 is 23.2 Å². The summed E-state index contributed by atoms with van der Waals surface area (Å²) in [6.07, 6.45) is 5.60. The summed E-state index contributed by atoms with van der Waals surface area (Å²) in [6, 6.07) is 7.43. The molecule has 1 aliphatic rings. The minimum Gasteiger partial charge on any atom is -0.494 e. The molecule has 0 radical (unpaired) electrons. The van der Waals surface area contributed by atoms with Gasteiger partial charge < -0.3 is 10.1 Å². The van der Waals surface area contributed by atoms with Crippen LogP contribution in [0.3, 0.4) is 0 Å². The van der Waals surface area contributed by atoms with E-state index in [2.05, 4.69) is 12.2 Å². The summed E-state index contributed by atoms with van der Waals surface area (Å²) >= 11 is 6.26. The Labute approximate surface area is 137 Å². The summed E-state index contributed by atoms with van der Waals surface area (Å²) < 4.78 is 5.60. The Bertz CT molecular complexity index is 458. The molecule has 1 aromatic carbocycles. The number of halogens is 1. The molecule has 122 valence electrons. The molecule has 22 heavy (non-hydrogen) atoms. The second-order valence-corrected chi connectivity index (χ2v) is 6.06. The van der Waals surface area contributed by atoms with Crippen LogP contribution in [0, 0.1) is 0 Å². The van der Waals surface area contributed by atoms with Crippen LogP contribution in [0.15, 0.2) is 24.3 Å². The third-order valence-electron chi connectivity index (χ3n) is 3.82. The van der Waals surface area contributed by atoms with Crippen LogP contribution < -0.4 is 10.1 Å². The number of carbonyl (C=O) groups excluding carboxylic acids is 1. The van der Waals surface area contributed by atoms with Gasteiger partial charge in [-0.1, -0.05) is 31.4 Å². The molecule has 1 saturated heterocycles. The number of hydrogen-bond acceptors (Lipinski definition) is 3. The summed E-state index contributed by atoms with van der Waals surface area (Å²) in [5, 5.41) is 2.87. The van der Waals surface area contributed by atoms with Crippen molar-refractivity contribution in [1.29, 1.82) is 0 Å². The fourth-order valence-electron chi connectivity index (χ4n) is 2.48. The zero-order valence-corrected chi connectivity index (χ0v) is 13.9. The first-order chi connectivity index (χ1) is 10.7. The maximum atomic E-state index is 12.2. The van der Waals surface area contributed by atoms with Crippen LogP contribution in [-0.4, -0.2) is 36.0 Å². The maximum Gasteiger partial charge on any atom is 0.257 e. The largest absolute Gasteiger partial charge is 0.494 e. The van der Waals surface area contributed by atoms with Crippen molar-refractivity contribution in [2.75, 3.05) is 25.0 Å². The van der Waals surface area contributed by atoms with Gasteiger partial charge in [-0.3, -0.25) is 9.69 Å². The molecule has 1 atom stereocenters. The third kappa shape index (κ3) is 5.18. The van der Waals surface area contributed by atoms with Gasteiger partial charge in [-0.2, -0.15) is 0 Å². The van der Waals surface area contributed by atoms with Gasteiger partial charge in [0.15, 0.2) is 5.50 Å². The van der Waals surface area contributed by atoms with Crippen molar-refractivity contribution in [2.24, 2.45) is 0 Å². The molecule has 1 N–H and O–H groups in total. The van der Waals surface area contributed by atoms with E-state index < -0.39 is 5.50 Å². The SMILES string of the molecule is CCCCOc1ccc(NC(=O)[C@@H](Cl)N2CCCCC2)cc1. The number of alkyl halides is 1. The van der Waals surface area contributed by atoms with E-state index in [0.717, 1.165) is 56.8 Å². The summed E-state index contributed by atoms with van der Waals surface area (Å²) in [6.45, 7) is 4.64. The Morgan fingerprint density at radius 1 is 1.27 bits per heavy atom. The monoisotopic (exact) mass is 324 g/mol. The van der Waals surface area contributed by atoms with E-state index in [1.807, 2.05) is 29.2 Å². The average molecular weight is 325 g/mol. The fraction of sp³-hybridized carbons (Fsp3) is 0.588. The average Bonchev–Trinajstić information content (AvgIpc) is 2.57. The first kappa shape index (κ1) is 17.1. The quantitative estimate of drug-likeness (QED) is 0.470. The lowest BCUT2D eigenvalue weighted by Gasteiger charge is -2.29. The third-order valence-corrected chi connectivity index (χ3v) is 4.29. The zero-order chi connectivity index (χ0) is 15.8. The molecule has 0 aromatic heterocycles. The van der Waals surface area contributed by atoms with E-state index in [9.17, 15) is 4.79 Å². The highest BCUT2D eigenvalue weighted by Gasteiger charge is 2.24. The first-order valence-electron chi connectivity index (χ1n) is 8.12. The standard InChI is InChI=1S/C17H25ClN2O2/c1-2-3-13-22-15-9-7-14(8-10-15)19-17(21)16(18)20-11-5-4-6-12-20/h7-10,16H,2-6,11-13H2,1H3,(H,19,21)/t16-/m0/s1. The van der Waals surface area contributed by atoms with Crippen LogP contribution in [0.5, 0.6) is 5.75 Å². The summed E-state index contributed by atoms with van der Waals surface area (Å²) in [5.41, 5.74) is 0.149. The number of anilines is 1. The van der Waals surface area contributed by atoms with E-state index >= 15 is 0 Å². The first-order valence-corrected chi connectivity index (χ1v) is 8.56. The normalized spacial score (nSPS) is 17.0. The van der Waals surface area contributed by atoms with Crippen molar-refractivity contribution in [3.05, 3.63) is 24.3 Å². The zero-order valence-electron chi connectivity index (χ0n) is 13.2. The molecule has 1 aliphatic heterocycles. The Kier molecular flexibility index (Phi) is 7.00. The van der Waals surface area contributed by atoms with Gasteiger partial charge in [0.1, 0.15) is 5.75 Å². The number of unbranched alkanes of at least 4 members (excludes halogenated alkanes) is 1. The molecule has 0 saturated carbocycles. The number of carbonyl (C=O) groups is 1. The van der Waals surface area contributed by atoms with Crippen molar-refractivity contribution in [3.63, 3.8) is 0 Å². The summed E-state index contributed by atoms with van der Waals surface area (Å²) in [5.74, 6) is 0.660. The van der Waals surface area contributed by atoms with Crippen LogP contribution >= 0.6 is 11.6 Å². The van der Waals surface area contributed by atoms with Gasteiger partial charge in [0.25, 0.3) is 5.91 Å². The number of nitrogens with zero attached hydrogens (tertiary/aromatic N) is 1. The second kappa shape index (κ2) is 9.01. The van der Waals surface area contributed by atoms with Crippen LogP contribution in [0.4, 0.5) is 5.69 Å². The molecule has 1 fully saturated rings. The lowest BCUT2D eigenvalue weighted by atomic mass is 10.1. The fourth-order valence-corrected chi connectivity index (χ4v) is 2.73. The minimum absolute atomic E-state index is 0.164. The highest BCUT2D eigenvalue weighted by atomic mass is 35.5. The van der Waals surface area contributed by atoms with Crippen molar-refractivity contribution in [3.8, 4) is 5.75 Å². The molecule has 1 amide bonds. The molecule has 1 aromatic rings. The number of rotatable bonds is 7. The Morgan fingerprint density at radius 2 is 1.95 bits per heavy atom. The molecule has 1 heterocycles. The Balaban J connectivity index is 1.82. The number of benzene rings is 1. The predicted octanol–water partition coefficient (Wildman–Crippen LogP) is 3.85. The minimum atomic E-state index is -0.596. The highest BCUT2D eigenvalue weighted by Crippen LogP contribution is 2.19. The van der Waals surface area contributed by atoms with E-state index in [1.54, 1.807) is 0 Å². The predicted molar refractivity (Wildman–Crippen MR) is 90.5 cm³/mol. The van der Waals surface area contributed by atoms with Gasteiger partial charge in [0.05, 0.1) is 6.61 Å². The van der Waals surface area contributed by atoms with Crippen LogP contribution in [0.1, 0.15) is 39.0 Å². The molecular weight excluding hydrogens is 300 g/mol. The smallest absolute Gasteiger partial charge is 0.257 e. The lowest BCUT2D eigenvalue weighted by Crippen LogP contribution is -2.43. The second-order valence-electron chi connectivity index (χ2n) is 5.65. The molecule has 4 nitrogen and oxygen atoms in total. The van der Waals surface area contributed by atoms with Gasteiger partial charge in [-0.15, -0.1) is 0 Å². The molecule has 0 bridgehead atoms. The Morgan fingerprint density at radius 3 is 2.59 bits per heavy atom. The summed E-state index contributed by atoms with van der Waals surface area (Å²) in [4.78, 5) is 14.2. The number of ether oxygens (including phenoxy) is 1. The van der Waals surface area contributed by atoms with Gasteiger partial charge in [0, 0.05) is 18.8 Å². The highest BCUT2D eigenvalue weighted by molar-refractivity contribution is 6.32. The van der Waals surface area contributed by atoms with Crippen LogP contribution in [0.2, 0.25) is 0 Å². The lowest BCUT2D eigenvalue weighted by molar-refractivity contribution is -0.119. The van der Waals surface area contributed by atoms with E-state index in [1.165, 1.54) is 6.42 Å². The molecular formula is C17H25ClN2O2. The molecule has 0 aliphatic carbocycles. The maximum absolute atomic E-state index is 12.2. The van der Waals surface area contributed by atoms with Crippen molar-refractivity contribution in [1.82, 2.24) is 4.90 Å². The number of likely N-dealkylation sites (tertiary alicyclic amines) is 1. The molecule has 2 rings (SSSR count).